The number of rotatable bonds is 32. The van der Waals surface area contributed by atoms with Gasteiger partial charge in [-0.15, -0.1) is 0 Å². The van der Waals surface area contributed by atoms with E-state index in [-0.39, 0.29) is 21.7 Å². The molecule has 8 aromatic carbocycles. The summed E-state index contributed by atoms with van der Waals surface area (Å²) in [4.78, 5) is 5.07. The van der Waals surface area contributed by atoms with E-state index in [1.54, 1.807) is 22.3 Å². The number of fused-ring (bicyclic) bond motifs is 22. The summed E-state index contributed by atoms with van der Waals surface area (Å²) in [5.74, 6) is 0. The fourth-order valence-electron chi connectivity index (χ4n) is 19.9. The van der Waals surface area contributed by atoms with Gasteiger partial charge < -0.3 is 8.83 Å². The standard InChI is InChI=1S/C96H109NO2/c1-9-13-17-21-25-36-54-95(55-37-26-22-18-14-10-2)77-52-53-84-86(72-43-30-33-46-82(72)98-84)85(77)75-64-80-74(63-81(75)95)69-51-49-66(62-79(69)96(80,56-38-27-23-19-15-11-3)57-39-28-24-20-16-12-4)67(61-68-41-35-40-58-97-68)59-65-48-50-71-78(60-65)94(7,8)91-89(71)92-88(73-44-31-34-47-83(73)99-92)87-70-42-29-32-45-76(70)93(5,6)90(87)91/h29-35,40-53,58,60-64H,9-28,36-39,54-57,59H2,1-8H3/b67-61-. The second-order valence-corrected chi connectivity index (χ2v) is 32.0. The molecule has 11 aromatic rings. The Hall–Kier alpha value is -7.75. The molecule has 0 saturated heterocycles. The van der Waals surface area contributed by atoms with E-state index < -0.39 is 0 Å². The van der Waals surface area contributed by atoms with Gasteiger partial charge in [0.05, 0.1) is 5.69 Å². The predicted molar refractivity (Wildman–Crippen MR) is 423 cm³/mol. The lowest BCUT2D eigenvalue weighted by molar-refractivity contribution is 0.394. The molecule has 0 radical (unpaired) electrons. The number of aromatic nitrogens is 1. The van der Waals surface area contributed by atoms with Crippen molar-refractivity contribution in [1.82, 2.24) is 4.98 Å². The summed E-state index contributed by atoms with van der Waals surface area (Å²) in [5, 5.41) is 5.05. The summed E-state index contributed by atoms with van der Waals surface area (Å²) in [7, 11) is 0. The van der Waals surface area contributed by atoms with E-state index in [1.807, 2.05) is 6.20 Å². The van der Waals surface area contributed by atoms with Crippen LogP contribution in [0.4, 0.5) is 0 Å². The van der Waals surface area contributed by atoms with Gasteiger partial charge in [0, 0.05) is 55.0 Å². The van der Waals surface area contributed by atoms with Crippen LogP contribution in [0.15, 0.2) is 167 Å². The van der Waals surface area contributed by atoms with Crippen LogP contribution >= 0.6 is 0 Å². The summed E-state index contributed by atoms with van der Waals surface area (Å²) in [6.45, 7) is 19.3. The molecule has 0 bridgehead atoms. The highest BCUT2D eigenvalue weighted by Gasteiger charge is 2.51. The van der Waals surface area contributed by atoms with Crippen molar-refractivity contribution < 1.29 is 8.83 Å². The van der Waals surface area contributed by atoms with Crippen LogP contribution in [0.25, 0.3) is 100 Å². The SMILES string of the molecule is CCCCCCCCC1(CCCCCCCC)c2cc(/C(=C\c3ccccn3)Cc3ccc4c(c3)C(C)(C)c3c5c(c6c(oc7ccccc76)c3-4)-c3ccccc3C5(C)C)ccc2-c2cc3c(cc21)-c1c(ccc2oc4ccccc4c12)C3(CCCCCCCC)CCCCCCCC. The smallest absolute Gasteiger partial charge is 0.144 e. The van der Waals surface area contributed by atoms with Crippen LogP contribution in [0.2, 0.25) is 0 Å². The quantitative estimate of drug-likeness (QED) is 0.0395. The van der Waals surface area contributed by atoms with E-state index >= 15 is 0 Å². The molecule has 0 atom stereocenters. The average Bonchev–Trinajstić information content (AvgIpc) is 1.20. The molecule has 0 unspecified atom stereocenters. The molecule has 0 saturated carbocycles. The Morgan fingerprint density at radius 1 is 0.364 bits per heavy atom. The van der Waals surface area contributed by atoms with Crippen LogP contribution in [-0.4, -0.2) is 4.98 Å². The Labute approximate surface area is 592 Å². The summed E-state index contributed by atoms with van der Waals surface area (Å²) in [6, 6.07) is 59.3. The number of pyridine rings is 1. The van der Waals surface area contributed by atoms with Crippen LogP contribution in [0.5, 0.6) is 0 Å². The summed E-state index contributed by atoms with van der Waals surface area (Å²) >= 11 is 0. The molecular formula is C96H109NO2. The lowest BCUT2D eigenvalue weighted by atomic mass is 9.68. The summed E-state index contributed by atoms with van der Waals surface area (Å²) in [6.07, 6.45) is 40.9. The number of para-hydroxylation sites is 2. The van der Waals surface area contributed by atoms with Crippen molar-refractivity contribution in [2.75, 3.05) is 0 Å². The minimum absolute atomic E-state index is 0.0879. The maximum atomic E-state index is 7.16. The molecular weight excluding hydrogens is 1200 g/mol. The van der Waals surface area contributed by atoms with E-state index in [0.29, 0.717) is 0 Å². The van der Waals surface area contributed by atoms with Gasteiger partial charge in [-0.2, -0.15) is 0 Å². The van der Waals surface area contributed by atoms with Crippen molar-refractivity contribution in [3.63, 3.8) is 0 Å². The van der Waals surface area contributed by atoms with E-state index in [2.05, 4.69) is 213 Å². The molecule has 0 amide bonds. The minimum Gasteiger partial charge on any atom is -0.456 e. The van der Waals surface area contributed by atoms with Crippen LogP contribution in [-0.2, 0) is 28.1 Å². The largest absolute Gasteiger partial charge is 0.456 e. The second kappa shape index (κ2) is 28.3. The molecule has 3 nitrogen and oxygen atoms in total. The van der Waals surface area contributed by atoms with Crippen molar-refractivity contribution in [2.45, 2.75) is 263 Å². The van der Waals surface area contributed by atoms with Gasteiger partial charge in [-0.1, -0.05) is 313 Å². The number of hydrogen-bond acceptors (Lipinski definition) is 3. The first-order valence-corrected chi connectivity index (χ1v) is 39.6. The van der Waals surface area contributed by atoms with Gasteiger partial charge in [0.1, 0.15) is 22.3 Å². The van der Waals surface area contributed by atoms with Gasteiger partial charge in [-0.05, 0) is 187 Å². The predicted octanol–water partition coefficient (Wildman–Crippen LogP) is 28.8. The molecule has 99 heavy (non-hydrogen) atoms. The van der Waals surface area contributed by atoms with Gasteiger partial charge in [0.15, 0.2) is 0 Å². The molecule has 4 aliphatic carbocycles. The van der Waals surface area contributed by atoms with Crippen molar-refractivity contribution in [2.24, 2.45) is 0 Å². The molecule has 0 fully saturated rings. The monoisotopic (exact) mass is 1310 g/mol. The lowest BCUT2D eigenvalue weighted by Crippen LogP contribution is -2.27. The maximum absolute atomic E-state index is 7.16. The van der Waals surface area contributed by atoms with E-state index in [9.17, 15) is 0 Å². The number of unbranched alkanes of at least 4 members (excludes halogenated alkanes) is 20. The van der Waals surface area contributed by atoms with Crippen LogP contribution < -0.4 is 0 Å². The van der Waals surface area contributed by atoms with E-state index in [1.165, 1.54) is 272 Å². The average molecular weight is 1310 g/mol. The Balaban J connectivity index is 0.898. The molecule has 4 aliphatic rings. The highest BCUT2D eigenvalue weighted by Crippen LogP contribution is 2.65. The molecule has 510 valence electrons. The number of benzene rings is 8. The molecule has 3 aromatic heterocycles. The maximum Gasteiger partial charge on any atom is 0.144 e. The molecule has 0 N–H and O–H groups in total. The number of furan rings is 2. The first kappa shape index (κ1) is 67.1. The second-order valence-electron chi connectivity index (χ2n) is 32.0. The first-order valence-electron chi connectivity index (χ1n) is 39.6. The zero-order valence-corrected chi connectivity index (χ0v) is 61.4. The fraction of sp³-hybridized carbons (Fsp3) is 0.427. The van der Waals surface area contributed by atoms with Crippen molar-refractivity contribution in [3.8, 4) is 44.5 Å². The molecule has 3 heteroatoms. The zero-order chi connectivity index (χ0) is 67.9. The number of allylic oxidation sites excluding steroid dienone is 1. The first-order chi connectivity index (χ1) is 48.5. The van der Waals surface area contributed by atoms with Gasteiger partial charge in [0.2, 0.25) is 0 Å². The topological polar surface area (TPSA) is 39.2 Å². The van der Waals surface area contributed by atoms with Crippen LogP contribution in [0.3, 0.4) is 0 Å². The highest BCUT2D eigenvalue weighted by atomic mass is 16.3. The van der Waals surface area contributed by atoms with Crippen molar-refractivity contribution in [3.05, 3.63) is 219 Å². The zero-order valence-electron chi connectivity index (χ0n) is 61.4. The Morgan fingerprint density at radius 2 is 0.869 bits per heavy atom. The Bertz CT molecular complexity index is 4750. The van der Waals surface area contributed by atoms with Crippen molar-refractivity contribution in [1.29, 1.82) is 0 Å². The van der Waals surface area contributed by atoms with Gasteiger partial charge in [0.25, 0.3) is 0 Å². The Morgan fingerprint density at radius 3 is 1.51 bits per heavy atom. The number of nitrogens with zero attached hydrogens (tertiary/aromatic N) is 1. The Kier molecular flexibility index (Phi) is 19.2. The molecule has 15 rings (SSSR count). The fourth-order valence-corrected chi connectivity index (χ4v) is 19.9. The normalized spacial score (nSPS) is 15.4. The third-order valence-electron chi connectivity index (χ3n) is 24.9. The van der Waals surface area contributed by atoms with Crippen LogP contribution in [0.1, 0.15) is 297 Å². The molecule has 0 aliphatic heterocycles. The third-order valence-corrected chi connectivity index (χ3v) is 24.9. The van der Waals surface area contributed by atoms with Gasteiger partial charge in [-0.3, -0.25) is 4.98 Å². The summed E-state index contributed by atoms with van der Waals surface area (Å²) < 4.78 is 14.1. The number of hydrogen-bond donors (Lipinski definition) is 0. The summed E-state index contributed by atoms with van der Waals surface area (Å²) in [5.41, 5.74) is 31.4. The van der Waals surface area contributed by atoms with E-state index in [0.717, 1.165) is 47.3 Å². The molecule has 3 heterocycles. The van der Waals surface area contributed by atoms with Gasteiger partial charge in [-0.25, -0.2) is 0 Å². The lowest BCUT2D eigenvalue weighted by Gasteiger charge is -2.35. The van der Waals surface area contributed by atoms with Gasteiger partial charge >= 0.3 is 0 Å². The molecule has 0 spiro atoms. The minimum atomic E-state index is -0.299. The highest BCUT2D eigenvalue weighted by molar-refractivity contribution is 6.21. The van der Waals surface area contributed by atoms with Crippen LogP contribution in [0, 0.1) is 0 Å². The third kappa shape index (κ3) is 11.8. The van der Waals surface area contributed by atoms with Crippen molar-refractivity contribution >= 4 is 55.5 Å². The van der Waals surface area contributed by atoms with E-state index in [4.69, 9.17) is 13.8 Å².